The van der Waals surface area contributed by atoms with Crippen LogP contribution >= 0.6 is 11.3 Å². The van der Waals surface area contributed by atoms with Crippen LogP contribution < -0.4 is 0 Å². The van der Waals surface area contributed by atoms with Gasteiger partial charge in [0.2, 0.25) is 0 Å². The third kappa shape index (κ3) is 0.671. The number of thiophene rings is 1. The molecule has 0 bridgehead atoms. The summed E-state index contributed by atoms with van der Waals surface area (Å²) in [6.45, 7) is 0. The van der Waals surface area contributed by atoms with Gasteiger partial charge in [-0.3, -0.25) is 0 Å². The topological polar surface area (TPSA) is 32.6 Å². The predicted octanol–water partition coefficient (Wildman–Crippen LogP) is 1.87. The molecule has 0 amide bonds. The lowest BCUT2D eigenvalue weighted by molar-refractivity contribution is 0.318. The highest BCUT2D eigenvalue weighted by molar-refractivity contribution is 7.12. The molecule has 1 aliphatic carbocycles. The van der Waals surface area contributed by atoms with Crippen LogP contribution in [-0.4, -0.2) is 10.9 Å². The van der Waals surface area contributed by atoms with Crippen molar-refractivity contribution in [1.29, 1.82) is 0 Å². The molecule has 0 atom stereocenters. The van der Waals surface area contributed by atoms with E-state index >= 15 is 0 Å². The third-order valence-electron chi connectivity index (χ3n) is 1.76. The molecular formula is C7H7NOS. The number of nitrogens with zero attached hydrogens (tertiary/aromatic N) is 1. The maximum atomic E-state index is 8.53. The van der Waals surface area contributed by atoms with Gasteiger partial charge < -0.3 is 5.21 Å². The van der Waals surface area contributed by atoms with Crippen molar-refractivity contribution >= 4 is 17.0 Å². The molecule has 2 nitrogen and oxygen atoms in total. The van der Waals surface area contributed by atoms with Gasteiger partial charge in [-0.05, 0) is 29.9 Å². The summed E-state index contributed by atoms with van der Waals surface area (Å²) in [7, 11) is 0. The molecule has 1 aromatic rings. The quantitative estimate of drug-likeness (QED) is 0.448. The average Bonchev–Trinajstić information content (AvgIpc) is 2.44. The van der Waals surface area contributed by atoms with E-state index in [4.69, 9.17) is 5.21 Å². The number of hydrogen-bond acceptors (Lipinski definition) is 3. The molecule has 1 N–H and O–H groups in total. The van der Waals surface area contributed by atoms with E-state index in [1.165, 1.54) is 10.4 Å². The fraction of sp³-hybridized carbons (Fsp3) is 0.286. The molecule has 1 heterocycles. The Hall–Kier alpha value is -0.830. The van der Waals surface area contributed by atoms with E-state index in [-0.39, 0.29) is 0 Å². The first kappa shape index (κ1) is 5.92. The lowest BCUT2D eigenvalue weighted by Gasteiger charge is -1.86. The fourth-order valence-corrected chi connectivity index (χ4v) is 2.22. The minimum atomic E-state index is 0.852. The van der Waals surface area contributed by atoms with Crippen LogP contribution in [0.1, 0.15) is 16.9 Å². The predicted molar refractivity (Wildman–Crippen MR) is 41.0 cm³/mol. The minimum absolute atomic E-state index is 0.852. The van der Waals surface area contributed by atoms with Gasteiger partial charge in [-0.2, -0.15) is 0 Å². The number of hydrogen-bond donors (Lipinski definition) is 1. The summed E-state index contributed by atoms with van der Waals surface area (Å²) in [5, 5.41) is 13.8. The minimum Gasteiger partial charge on any atom is -0.411 e. The molecule has 0 radical (unpaired) electrons. The summed E-state index contributed by atoms with van der Waals surface area (Å²) in [6, 6.07) is 2.10. The zero-order valence-electron chi connectivity index (χ0n) is 5.37. The van der Waals surface area contributed by atoms with Crippen LogP contribution in [0.25, 0.3) is 0 Å². The van der Waals surface area contributed by atoms with Gasteiger partial charge >= 0.3 is 0 Å². The summed E-state index contributed by atoms with van der Waals surface area (Å²) in [6.07, 6.45) is 1.94. The summed E-state index contributed by atoms with van der Waals surface area (Å²) < 4.78 is 0. The summed E-state index contributed by atoms with van der Waals surface area (Å²) in [5.74, 6) is 0. The van der Waals surface area contributed by atoms with Crippen molar-refractivity contribution in [3.63, 3.8) is 0 Å². The van der Waals surface area contributed by atoms with Crippen LogP contribution in [0, 0.1) is 0 Å². The highest BCUT2D eigenvalue weighted by atomic mass is 32.1. The Kier molecular flexibility index (Phi) is 1.24. The molecule has 3 heteroatoms. The van der Waals surface area contributed by atoms with Crippen molar-refractivity contribution in [3.05, 3.63) is 21.9 Å². The molecule has 10 heavy (non-hydrogen) atoms. The Morgan fingerprint density at radius 3 is 3.20 bits per heavy atom. The highest BCUT2D eigenvalue weighted by Crippen LogP contribution is 2.27. The Balaban J connectivity index is 2.53. The van der Waals surface area contributed by atoms with Crippen LogP contribution in [0.5, 0.6) is 0 Å². The Bertz CT molecular complexity index is 277. The number of fused-ring (bicyclic) bond motifs is 1. The molecule has 1 aliphatic rings. The lowest BCUT2D eigenvalue weighted by Crippen LogP contribution is -1.89. The second-order valence-electron chi connectivity index (χ2n) is 2.32. The molecule has 0 aliphatic heterocycles. The molecule has 0 saturated carbocycles. The van der Waals surface area contributed by atoms with E-state index < -0.39 is 0 Å². The summed E-state index contributed by atoms with van der Waals surface area (Å²) in [4.78, 5) is 1.17. The second kappa shape index (κ2) is 2.09. The standard InChI is InChI=1S/C7H7NOS/c9-8-6-2-1-5-3-4-10-7(5)6/h3-4,9H,1-2H2/b8-6+. The van der Waals surface area contributed by atoms with E-state index in [1.807, 2.05) is 5.38 Å². The number of aryl methyl sites for hydroxylation is 1. The smallest absolute Gasteiger partial charge is 0.0973 e. The molecule has 0 spiro atoms. The molecule has 52 valence electrons. The monoisotopic (exact) mass is 153 g/mol. The summed E-state index contributed by atoms with van der Waals surface area (Å²) >= 11 is 1.65. The molecule has 0 aromatic carbocycles. The van der Waals surface area contributed by atoms with Gasteiger partial charge in [0.1, 0.15) is 0 Å². The van der Waals surface area contributed by atoms with E-state index in [0.717, 1.165) is 18.6 Å². The van der Waals surface area contributed by atoms with Crippen LogP contribution in [-0.2, 0) is 6.42 Å². The number of rotatable bonds is 0. The fourth-order valence-electron chi connectivity index (χ4n) is 1.25. The SMILES string of the molecule is O/N=C1\CCc2ccsc21. The highest BCUT2D eigenvalue weighted by Gasteiger charge is 2.18. The molecule has 2 rings (SSSR count). The van der Waals surface area contributed by atoms with Crippen LogP contribution in [0.2, 0.25) is 0 Å². The normalized spacial score (nSPS) is 19.8. The molecule has 0 fully saturated rings. The maximum absolute atomic E-state index is 8.53. The Morgan fingerprint density at radius 1 is 1.50 bits per heavy atom. The van der Waals surface area contributed by atoms with Crippen molar-refractivity contribution in [2.24, 2.45) is 5.16 Å². The van der Waals surface area contributed by atoms with Crippen LogP contribution in [0.3, 0.4) is 0 Å². The van der Waals surface area contributed by atoms with Crippen molar-refractivity contribution in [2.75, 3.05) is 0 Å². The van der Waals surface area contributed by atoms with Gasteiger partial charge in [-0.1, -0.05) is 5.16 Å². The zero-order valence-corrected chi connectivity index (χ0v) is 6.19. The molecule has 0 unspecified atom stereocenters. The molecular weight excluding hydrogens is 146 g/mol. The first-order valence-electron chi connectivity index (χ1n) is 3.19. The number of oxime groups is 1. The van der Waals surface area contributed by atoms with Gasteiger partial charge in [0, 0.05) is 0 Å². The zero-order chi connectivity index (χ0) is 6.97. The van der Waals surface area contributed by atoms with E-state index in [9.17, 15) is 0 Å². The van der Waals surface area contributed by atoms with Gasteiger partial charge in [-0.25, -0.2) is 0 Å². The van der Waals surface area contributed by atoms with Crippen LogP contribution in [0.4, 0.5) is 0 Å². The maximum Gasteiger partial charge on any atom is 0.0973 e. The van der Waals surface area contributed by atoms with Gasteiger partial charge in [0.25, 0.3) is 0 Å². The molecule has 0 saturated heterocycles. The van der Waals surface area contributed by atoms with Crippen molar-refractivity contribution in [3.8, 4) is 0 Å². The first-order chi connectivity index (χ1) is 4.92. The van der Waals surface area contributed by atoms with Crippen LogP contribution in [0.15, 0.2) is 16.6 Å². The lowest BCUT2D eigenvalue weighted by atomic mass is 10.3. The summed E-state index contributed by atoms with van der Waals surface area (Å²) in [5.41, 5.74) is 2.18. The van der Waals surface area contributed by atoms with E-state index in [2.05, 4.69) is 11.2 Å². The van der Waals surface area contributed by atoms with Crippen molar-refractivity contribution in [1.82, 2.24) is 0 Å². The van der Waals surface area contributed by atoms with Crippen molar-refractivity contribution in [2.45, 2.75) is 12.8 Å². The van der Waals surface area contributed by atoms with E-state index in [0.29, 0.717) is 0 Å². The van der Waals surface area contributed by atoms with Crippen molar-refractivity contribution < 1.29 is 5.21 Å². The molecule has 1 aromatic heterocycles. The largest absolute Gasteiger partial charge is 0.411 e. The Labute approximate surface area is 62.8 Å². The second-order valence-corrected chi connectivity index (χ2v) is 3.24. The average molecular weight is 153 g/mol. The van der Waals surface area contributed by atoms with E-state index in [1.54, 1.807) is 11.3 Å². The van der Waals surface area contributed by atoms with Gasteiger partial charge in [0.15, 0.2) is 0 Å². The third-order valence-corrected chi connectivity index (χ3v) is 2.77. The first-order valence-corrected chi connectivity index (χ1v) is 4.07. The van der Waals surface area contributed by atoms with Gasteiger partial charge in [-0.15, -0.1) is 11.3 Å². The Morgan fingerprint density at radius 2 is 2.40 bits per heavy atom. The van der Waals surface area contributed by atoms with Gasteiger partial charge in [0.05, 0.1) is 10.6 Å².